The van der Waals surface area contributed by atoms with Crippen LogP contribution in [0.3, 0.4) is 0 Å². The van der Waals surface area contributed by atoms with E-state index in [9.17, 15) is 13.2 Å². The van der Waals surface area contributed by atoms with Crippen molar-refractivity contribution in [2.45, 2.75) is 43.7 Å². The first-order valence-corrected chi connectivity index (χ1v) is 12.5. The Morgan fingerprint density at radius 3 is 2.27 bits per heavy atom. The second-order valence-electron chi connectivity index (χ2n) is 8.26. The number of hydrogen-bond donors (Lipinski definition) is 1. The first kappa shape index (κ1) is 25.0. The van der Waals surface area contributed by atoms with Gasteiger partial charge in [0, 0.05) is 25.3 Å². The summed E-state index contributed by atoms with van der Waals surface area (Å²) in [5, 5.41) is 2.87. The van der Waals surface area contributed by atoms with E-state index in [4.69, 9.17) is 9.47 Å². The maximum absolute atomic E-state index is 12.8. The van der Waals surface area contributed by atoms with Gasteiger partial charge in [-0.2, -0.15) is 4.31 Å². The molecular formula is C24H33N3O5S. The Morgan fingerprint density at radius 2 is 1.67 bits per heavy atom. The molecule has 1 heterocycles. The van der Waals surface area contributed by atoms with Gasteiger partial charge in [0.15, 0.2) is 11.5 Å². The molecule has 1 aliphatic heterocycles. The maximum Gasteiger partial charge on any atom is 0.243 e. The number of hydrogen-bond acceptors (Lipinski definition) is 6. The summed E-state index contributed by atoms with van der Waals surface area (Å²) < 4.78 is 37.7. The third-order valence-corrected chi connectivity index (χ3v) is 7.91. The molecule has 33 heavy (non-hydrogen) atoms. The smallest absolute Gasteiger partial charge is 0.243 e. The fourth-order valence-corrected chi connectivity index (χ4v) is 5.33. The Kier molecular flexibility index (Phi) is 8.34. The molecule has 1 amide bonds. The van der Waals surface area contributed by atoms with E-state index in [2.05, 4.69) is 5.32 Å². The normalized spacial score (nSPS) is 15.8. The highest BCUT2D eigenvalue weighted by Crippen LogP contribution is 2.28. The number of nitrogens with zero attached hydrogens (tertiary/aromatic N) is 2. The topological polar surface area (TPSA) is 88.2 Å². The summed E-state index contributed by atoms with van der Waals surface area (Å²) in [6.07, 6.45) is 2.85. The quantitative estimate of drug-likeness (QED) is 0.599. The summed E-state index contributed by atoms with van der Waals surface area (Å²) in [6.45, 7) is 3.49. The minimum atomic E-state index is -3.49. The lowest BCUT2D eigenvalue weighted by atomic mass is 10.1. The van der Waals surface area contributed by atoms with Crippen molar-refractivity contribution in [2.75, 3.05) is 39.7 Å². The van der Waals surface area contributed by atoms with Gasteiger partial charge in [0.2, 0.25) is 15.9 Å². The van der Waals surface area contributed by atoms with Crippen LogP contribution in [0, 0.1) is 0 Å². The summed E-state index contributed by atoms with van der Waals surface area (Å²) >= 11 is 0. The fraction of sp³-hybridized carbons (Fsp3) is 0.458. The SMILES string of the molecule is COc1ccc(CN(C)C(C)C(=O)Nc2ccc(S(=O)(=O)N3CCCCC3)cc2)cc1OC. The zero-order valence-electron chi connectivity index (χ0n) is 19.7. The van der Waals surface area contributed by atoms with Crippen LogP contribution in [0.1, 0.15) is 31.7 Å². The van der Waals surface area contributed by atoms with Crippen LogP contribution in [-0.4, -0.2) is 63.9 Å². The lowest BCUT2D eigenvalue weighted by Gasteiger charge is -2.26. The molecule has 9 heteroatoms. The zero-order chi connectivity index (χ0) is 24.0. The number of carbonyl (C=O) groups is 1. The number of anilines is 1. The van der Waals surface area contributed by atoms with Gasteiger partial charge in [-0.25, -0.2) is 8.42 Å². The van der Waals surface area contributed by atoms with E-state index < -0.39 is 16.1 Å². The summed E-state index contributed by atoms with van der Waals surface area (Å²) in [7, 11) is 1.56. The minimum absolute atomic E-state index is 0.176. The Labute approximate surface area is 196 Å². The largest absolute Gasteiger partial charge is 0.493 e. The van der Waals surface area contributed by atoms with Crippen molar-refractivity contribution in [2.24, 2.45) is 0 Å². The number of methoxy groups -OCH3 is 2. The molecule has 1 fully saturated rings. The Balaban J connectivity index is 1.61. The van der Waals surface area contributed by atoms with Crippen molar-refractivity contribution in [3.63, 3.8) is 0 Å². The molecule has 1 unspecified atom stereocenters. The van der Waals surface area contributed by atoms with Crippen molar-refractivity contribution in [3.05, 3.63) is 48.0 Å². The third kappa shape index (κ3) is 6.04. The predicted octanol–water partition coefficient (Wildman–Crippen LogP) is 3.34. The van der Waals surface area contributed by atoms with E-state index in [1.807, 2.05) is 37.1 Å². The zero-order valence-corrected chi connectivity index (χ0v) is 20.5. The van der Waals surface area contributed by atoms with Gasteiger partial charge in [-0.3, -0.25) is 9.69 Å². The molecule has 3 rings (SSSR count). The first-order valence-electron chi connectivity index (χ1n) is 11.1. The van der Waals surface area contributed by atoms with Crippen LogP contribution in [0.25, 0.3) is 0 Å². The molecule has 0 saturated carbocycles. The molecule has 1 N–H and O–H groups in total. The van der Waals surface area contributed by atoms with Gasteiger partial charge in [-0.1, -0.05) is 12.5 Å². The molecule has 1 atom stereocenters. The van der Waals surface area contributed by atoms with Gasteiger partial charge in [-0.05, 0) is 68.8 Å². The lowest BCUT2D eigenvalue weighted by molar-refractivity contribution is -0.120. The molecule has 8 nitrogen and oxygen atoms in total. The second kappa shape index (κ2) is 11.0. The van der Waals surface area contributed by atoms with E-state index in [-0.39, 0.29) is 10.8 Å². The number of amides is 1. The minimum Gasteiger partial charge on any atom is -0.493 e. The third-order valence-electron chi connectivity index (χ3n) is 6.00. The number of carbonyl (C=O) groups excluding carboxylic acids is 1. The first-order chi connectivity index (χ1) is 15.8. The molecule has 0 spiro atoms. The van der Waals surface area contributed by atoms with Crippen LogP contribution in [0.2, 0.25) is 0 Å². The van der Waals surface area contributed by atoms with Gasteiger partial charge in [0.1, 0.15) is 0 Å². The van der Waals surface area contributed by atoms with Crippen LogP contribution in [0.15, 0.2) is 47.4 Å². The second-order valence-corrected chi connectivity index (χ2v) is 10.2. The van der Waals surface area contributed by atoms with Crippen LogP contribution in [0.5, 0.6) is 11.5 Å². The molecule has 2 aromatic carbocycles. The molecular weight excluding hydrogens is 442 g/mol. The fourth-order valence-electron chi connectivity index (χ4n) is 3.82. The molecule has 0 bridgehead atoms. The highest BCUT2D eigenvalue weighted by atomic mass is 32.2. The van der Waals surface area contributed by atoms with Crippen LogP contribution in [0.4, 0.5) is 5.69 Å². The Hall–Kier alpha value is -2.62. The van der Waals surface area contributed by atoms with E-state index in [1.165, 1.54) is 4.31 Å². The number of ether oxygens (including phenoxy) is 2. The van der Waals surface area contributed by atoms with Gasteiger partial charge < -0.3 is 14.8 Å². The monoisotopic (exact) mass is 475 g/mol. The van der Waals surface area contributed by atoms with Gasteiger partial charge in [-0.15, -0.1) is 0 Å². The number of rotatable bonds is 9. The Bertz CT molecular complexity index is 1050. The van der Waals surface area contributed by atoms with E-state index in [0.717, 1.165) is 24.8 Å². The van der Waals surface area contributed by atoms with Crippen molar-refractivity contribution in [3.8, 4) is 11.5 Å². The van der Waals surface area contributed by atoms with Gasteiger partial charge in [0.25, 0.3) is 0 Å². The molecule has 0 aromatic heterocycles. The molecule has 0 aliphatic carbocycles. The molecule has 0 radical (unpaired) electrons. The average molecular weight is 476 g/mol. The van der Waals surface area contributed by atoms with Crippen LogP contribution < -0.4 is 14.8 Å². The summed E-state index contributed by atoms with van der Waals surface area (Å²) in [5.41, 5.74) is 1.55. The standard InChI is InChI=1S/C24H33N3O5S/c1-18(26(2)17-19-8-13-22(31-3)23(16-19)32-4)24(28)25-20-9-11-21(12-10-20)33(29,30)27-14-6-5-7-15-27/h8-13,16,18H,5-7,14-15,17H2,1-4H3,(H,25,28). The van der Waals surface area contributed by atoms with Crippen molar-refractivity contribution in [1.29, 1.82) is 0 Å². The van der Waals surface area contributed by atoms with Gasteiger partial charge in [0.05, 0.1) is 25.2 Å². The molecule has 180 valence electrons. The van der Waals surface area contributed by atoms with Crippen molar-refractivity contribution >= 4 is 21.6 Å². The lowest BCUT2D eigenvalue weighted by Crippen LogP contribution is -2.39. The molecule has 1 aliphatic rings. The van der Waals surface area contributed by atoms with E-state index in [1.54, 1.807) is 38.5 Å². The average Bonchev–Trinajstić information content (AvgIpc) is 2.84. The summed E-state index contributed by atoms with van der Waals surface area (Å²) in [4.78, 5) is 14.9. The van der Waals surface area contributed by atoms with Gasteiger partial charge >= 0.3 is 0 Å². The van der Waals surface area contributed by atoms with E-state index >= 15 is 0 Å². The van der Waals surface area contributed by atoms with Crippen molar-refractivity contribution < 1.29 is 22.7 Å². The predicted molar refractivity (Wildman–Crippen MR) is 128 cm³/mol. The number of sulfonamides is 1. The summed E-state index contributed by atoms with van der Waals surface area (Å²) in [5.74, 6) is 1.12. The van der Waals surface area contributed by atoms with Crippen molar-refractivity contribution in [1.82, 2.24) is 9.21 Å². The van der Waals surface area contributed by atoms with Crippen LogP contribution >= 0.6 is 0 Å². The molecule has 1 saturated heterocycles. The highest BCUT2D eigenvalue weighted by molar-refractivity contribution is 7.89. The number of benzene rings is 2. The van der Waals surface area contributed by atoms with Crippen LogP contribution in [-0.2, 0) is 21.4 Å². The molecule has 2 aromatic rings. The number of nitrogens with one attached hydrogen (secondary N) is 1. The highest BCUT2D eigenvalue weighted by Gasteiger charge is 2.26. The number of piperidine rings is 1. The maximum atomic E-state index is 12.8. The van der Waals surface area contributed by atoms with E-state index in [0.29, 0.717) is 36.8 Å². The Morgan fingerprint density at radius 1 is 1.03 bits per heavy atom. The summed E-state index contributed by atoms with van der Waals surface area (Å²) in [6, 6.07) is 11.6. The number of likely N-dealkylation sites (N-methyl/N-ethyl adjacent to an activating group) is 1.